The predicted octanol–water partition coefficient (Wildman–Crippen LogP) is 0.945. The first-order chi connectivity index (χ1) is 10.6. The number of nitro groups is 1. The molecule has 1 saturated heterocycles. The van der Waals surface area contributed by atoms with Crippen LogP contribution in [-0.4, -0.2) is 42.6 Å². The molecule has 1 amide bonds. The minimum atomic E-state index is -4.82. The Morgan fingerprint density at radius 2 is 2.13 bits per heavy atom. The molecular weight excluding hydrogens is 335 g/mol. The molecule has 1 fully saturated rings. The predicted molar refractivity (Wildman–Crippen MR) is 75.4 cm³/mol. The highest BCUT2D eigenvalue weighted by molar-refractivity contribution is 7.86. The van der Waals surface area contributed by atoms with Crippen LogP contribution in [0.1, 0.15) is 16.8 Å². The van der Waals surface area contributed by atoms with Crippen molar-refractivity contribution in [2.45, 2.75) is 6.42 Å². The summed E-state index contributed by atoms with van der Waals surface area (Å²) < 4.78 is 34.1. The molecule has 1 atom stereocenters. The lowest BCUT2D eigenvalue weighted by molar-refractivity contribution is -0.384. The minimum Gasteiger partial charge on any atom is -0.478 e. The van der Waals surface area contributed by atoms with E-state index in [-0.39, 0.29) is 13.0 Å². The number of amides is 1. The van der Waals surface area contributed by atoms with Gasteiger partial charge in [-0.1, -0.05) is 6.07 Å². The van der Waals surface area contributed by atoms with Gasteiger partial charge in [0, 0.05) is 24.9 Å². The third-order valence-corrected chi connectivity index (χ3v) is 4.22. The fraction of sp³-hybridized carbons (Fsp3) is 0.333. The maximum atomic E-state index is 12.8. The molecule has 1 N–H and O–H groups in total. The number of hydrogen-bond acceptors (Lipinski definition) is 6. The van der Waals surface area contributed by atoms with Gasteiger partial charge in [0.1, 0.15) is 5.69 Å². The fourth-order valence-electron chi connectivity index (χ4n) is 2.53. The summed E-state index contributed by atoms with van der Waals surface area (Å²) in [5, 5.41) is 20.2. The SMILES string of the molecule is O=C(O)c1cccc([N+](=O)[O-])c1N1CC(CS(=O)(=O)F)CC1=O. The van der Waals surface area contributed by atoms with Crippen LogP contribution >= 0.6 is 0 Å². The number of halogens is 1. The summed E-state index contributed by atoms with van der Waals surface area (Å²) in [7, 11) is -4.82. The number of carboxylic acids is 1. The quantitative estimate of drug-likeness (QED) is 0.476. The number of hydrogen-bond donors (Lipinski definition) is 1. The maximum absolute atomic E-state index is 12.8. The molecule has 23 heavy (non-hydrogen) atoms. The van der Waals surface area contributed by atoms with Crippen LogP contribution in [0.4, 0.5) is 15.3 Å². The van der Waals surface area contributed by atoms with Gasteiger partial charge in [-0.15, -0.1) is 3.89 Å². The van der Waals surface area contributed by atoms with Gasteiger partial charge < -0.3 is 10.0 Å². The Labute approximate surface area is 129 Å². The van der Waals surface area contributed by atoms with E-state index in [1.165, 1.54) is 0 Å². The van der Waals surface area contributed by atoms with Gasteiger partial charge in [0.05, 0.1) is 16.2 Å². The van der Waals surface area contributed by atoms with Gasteiger partial charge in [-0.3, -0.25) is 14.9 Å². The van der Waals surface area contributed by atoms with E-state index in [1.54, 1.807) is 0 Å². The topological polar surface area (TPSA) is 135 Å². The van der Waals surface area contributed by atoms with E-state index in [9.17, 15) is 32.0 Å². The van der Waals surface area contributed by atoms with Crippen molar-refractivity contribution < 1.29 is 31.9 Å². The number of carboxylic acid groups (broad SMARTS) is 1. The summed E-state index contributed by atoms with van der Waals surface area (Å²) in [6.45, 7) is -0.312. The smallest absolute Gasteiger partial charge is 0.338 e. The maximum Gasteiger partial charge on any atom is 0.338 e. The molecule has 0 spiro atoms. The number of carbonyl (C=O) groups is 2. The molecule has 124 valence electrons. The molecule has 0 bridgehead atoms. The lowest BCUT2D eigenvalue weighted by Crippen LogP contribution is -2.28. The first-order valence-corrected chi connectivity index (χ1v) is 7.89. The standard InChI is InChI=1S/C12H11FN2O7S/c13-23(21,22)6-7-4-10(16)14(5-7)11-8(12(17)18)2-1-3-9(11)15(19)20/h1-3,7H,4-6H2,(H,17,18). The van der Waals surface area contributed by atoms with Crippen molar-refractivity contribution in [3.05, 3.63) is 33.9 Å². The second-order valence-electron chi connectivity index (χ2n) is 5.02. The van der Waals surface area contributed by atoms with Gasteiger partial charge >= 0.3 is 16.2 Å². The van der Waals surface area contributed by atoms with Crippen LogP contribution in [0.15, 0.2) is 18.2 Å². The third-order valence-electron chi connectivity index (χ3n) is 3.35. The van der Waals surface area contributed by atoms with Crippen LogP contribution in [0.5, 0.6) is 0 Å². The van der Waals surface area contributed by atoms with Crippen molar-refractivity contribution in [1.82, 2.24) is 0 Å². The van der Waals surface area contributed by atoms with Crippen LogP contribution in [0.2, 0.25) is 0 Å². The summed E-state index contributed by atoms with van der Waals surface area (Å²) in [5.74, 6) is -3.98. The van der Waals surface area contributed by atoms with E-state index in [0.717, 1.165) is 23.1 Å². The Morgan fingerprint density at radius 3 is 2.65 bits per heavy atom. The number of benzene rings is 1. The van der Waals surface area contributed by atoms with Gasteiger partial charge in [-0.05, 0) is 6.07 Å². The summed E-state index contributed by atoms with van der Waals surface area (Å²) >= 11 is 0. The number of carbonyl (C=O) groups excluding carboxylic acids is 1. The van der Waals surface area contributed by atoms with E-state index in [2.05, 4.69) is 0 Å². The molecule has 1 aliphatic heterocycles. The highest BCUT2D eigenvalue weighted by Gasteiger charge is 2.38. The molecule has 11 heteroatoms. The Morgan fingerprint density at radius 1 is 1.48 bits per heavy atom. The van der Waals surface area contributed by atoms with E-state index >= 15 is 0 Å². The zero-order valence-corrected chi connectivity index (χ0v) is 12.3. The zero-order valence-electron chi connectivity index (χ0n) is 11.5. The Kier molecular flexibility index (Phi) is 4.32. The molecule has 1 aromatic rings. The number of aromatic carboxylic acids is 1. The van der Waals surface area contributed by atoms with Crippen molar-refractivity contribution in [3.63, 3.8) is 0 Å². The Hall–Kier alpha value is -2.56. The number of nitro benzene ring substituents is 1. The van der Waals surface area contributed by atoms with E-state index in [0.29, 0.717) is 0 Å². The Balaban J connectivity index is 2.47. The third kappa shape index (κ3) is 3.62. The normalized spacial score (nSPS) is 18.2. The van der Waals surface area contributed by atoms with Crippen LogP contribution in [0.25, 0.3) is 0 Å². The summed E-state index contributed by atoms with van der Waals surface area (Å²) in [4.78, 5) is 34.3. The molecule has 0 saturated carbocycles. The molecule has 2 rings (SSSR count). The summed E-state index contributed by atoms with van der Waals surface area (Å²) in [5.41, 5.74) is -1.48. The number of rotatable bonds is 5. The second kappa shape index (κ2) is 5.91. The minimum absolute atomic E-state index is 0.312. The average molecular weight is 346 g/mol. The van der Waals surface area contributed by atoms with Crippen LogP contribution in [0, 0.1) is 16.0 Å². The Bertz CT molecular complexity index is 760. The van der Waals surface area contributed by atoms with E-state index in [4.69, 9.17) is 5.11 Å². The monoisotopic (exact) mass is 346 g/mol. The molecule has 9 nitrogen and oxygen atoms in total. The van der Waals surface area contributed by atoms with Crippen molar-refractivity contribution in [1.29, 1.82) is 0 Å². The van der Waals surface area contributed by atoms with Gasteiger partial charge in [-0.2, -0.15) is 8.42 Å². The second-order valence-corrected chi connectivity index (χ2v) is 6.43. The summed E-state index contributed by atoms with van der Waals surface area (Å²) in [6.07, 6.45) is -0.339. The molecule has 1 aromatic carbocycles. The molecule has 1 unspecified atom stereocenters. The van der Waals surface area contributed by atoms with Crippen molar-refractivity contribution in [3.8, 4) is 0 Å². The highest BCUT2D eigenvalue weighted by atomic mass is 32.3. The fourth-order valence-corrected chi connectivity index (χ4v) is 3.31. The number of nitrogens with zero attached hydrogens (tertiary/aromatic N) is 2. The first-order valence-electron chi connectivity index (χ1n) is 6.33. The lowest BCUT2D eigenvalue weighted by atomic mass is 10.1. The van der Waals surface area contributed by atoms with Crippen LogP contribution in [0.3, 0.4) is 0 Å². The average Bonchev–Trinajstić information content (AvgIpc) is 2.75. The van der Waals surface area contributed by atoms with E-state index in [1.807, 2.05) is 0 Å². The lowest BCUT2D eigenvalue weighted by Gasteiger charge is -2.18. The highest BCUT2D eigenvalue weighted by Crippen LogP contribution is 2.36. The molecule has 1 aliphatic rings. The van der Waals surface area contributed by atoms with Crippen molar-refractivity contribution >= 4 is 33.5 Å². The van der Waals surface area contributed by atoms with Gasteiger partial charge in [0.2, 0.25) is 5.91 Å². The molecule has 0 radical (unpaired) electrons. The molecule has 0 aliphatic carbocycles. The molecule has 0 aromatic heterocycles. The molecular formula is C12H11FN2O7S. The van der Waals surface area contributed by atoms with Crippen LogP contribution in [-0.2, 0) is 15.0 Å². The van der Waals surface area contributed by atoms with Crippen molar-refractivity contribution in [2.24, 2.45) is 5.92 Å². The number of anilines is 1. The largest absolute Gasteiger partial charge is 0.478 e. The van der Waals surface area contributed by atoms with Gasteiger partial charge in [0.15, 0.2) is 0 Å². The zero-order chi connectivity index (χ0) is 17.4. The van der Waals surface area contributed by atoms with Gasteiger partial charge in [-0.25, -0.2) is 4.79 Å². The van der Waals surface area contributed by atoms with Crippen molar-refractivity contribution in [2.75, 3.05) is 17.2 Å². The first kappa shape index (κ1) is 16.8. The summed E-state index contributed by atoms with van der Waals surface area (Å²) in [6, 6.07) is 3.29. The molecule has 1 heterocycles. The number of para-hydroxylation sites is 1. The van der Waals surface area contributed by atoms with Gasteiger partial charge in [0.25, 0.3) is 5.69 Å². The van der Waals surface area contributed by atoms with E-state index < -0.39 is 55.6 Å². The van der Waals surface area contributed by atoms with Crippen LogP contribution < -0.4 is 4.90 Å².